The smallest absolute Gasteiger partial charge is 0.239 e. The molecule has 0 aliphatic heterocycles. The van der Waals surface area contributed by atoms with Gasteiger partial charge in [-0.25, -0.2) is 0 Å². The summed E-state index contributed by atoms with van der Waals surface area (Å²) in [6.45, 7) is 8.21. The molecule has 1 aliphatic rings. The normalized spacial score (nSPS) is 22.3. The Labute approximate surface area is 128 Å². The monoisotopic (exact) mass is 291 g/mol. The van der Waals surface area contributed by atoms with Gasteiger partial charge in [-0.05, 0) is 36.3 Å². The maximum Gasteiger partial charge on any atom is 0.239 e. The molecule has 1 saturated carbocycles. The summed E-state index contributed by atoms with van der Waals surface area (Å²) < 4.78 is 5.68. The first-order valence-electron chi connectivity index (χ1n) is 8.19. The van der Waals surface area contributed by atoms with Gasteiger partial charge in [0.2, 0.25) is 5.88 Å². The molecule has 4 nitrogen and oxygen atoms in total. The highest BCUT2D eigenvalue weighted by Gasteiger charge is 2.21. The van der Waals surface area contributed by atoms with Crippen LogP contribution in [-0.2, 0) is 0 Å². The summed E-state index contributed by atoms with van der Waals surface area (Å²) in [5.74, 6) is 3.42. The molecule has 2 unspecified atom stereocenters. The standard InChI is InChI=1S/C17H29N3O/c1-12(2)11-21-17-15(18)8-9-16(20-17)19-10-14-7-5-4-6-13(14)3/h8-9,12-14H,4-7,10-11,18H2,1-3H3,(H,19,20). The van der Waals surface area contributed by atoms with E-state index in [9.17, 15) is 0 Å². The van der Waals surface area contributed by atoms with Crippen LogP contribution in [0.25, 0.3) is 0 Å². The van der Waals surface area contributed by atoms with Gasteiger partial charge in [-0.3, -0.25) is 0 Å². The third kappa shape index (κ3) is 4.80. The van der Waals surface area contributed by atoms with Crippen LogP contribution in [0.4, 0.5) is 11.5 Å². The number of anilines is 2. The SMILES string of the molecule is CC(C)COc1nc(NCC2CCCCC2C)ccc1N. The van der Waals surface area contributed by atoms with Crippen LogP contribution >= 0.6 is 0 Å². The van der Waals surface area contributed by atoms with Crippen LogP contribution in [0.2, 0.25) is 0 Å². The number of hydrogen-bond acceptors (Lipinski definition) is 4. The Hall–Kier alpha value is -1.45. The van der Waals surface area contributed by atoms with Crippen molar-refractivity contribution in [3.63, 3.8) is 0 Å². The molecule has 1 heterocycles. The van der Waals surface area contributed by atoms with Crippen LogP contribution in [0.3, 0.4) is 0 Å². The summed E-state index contributed by atoms with van der Waals surface area (Å²) in [5, 5.41) is 3.45. The second-order valence-corrected chi connectivity index (χ2v) is 6.70. The van der Waals surface area contributed by atoms with E-state index < -0.39 is 0 Å². The number of nitrogens with zero attached hydrogens (tertiary/aromatic N) is 1. The van der Waals surface area contributed by atoms with E-state index in [-0.39, 0.29) is 0 Å². The van der Waals surface area contributed by atoms with Crippen LogP contribution in [0, 0.1) is 17.8 Å². The maximum absolute atomic E-state index is 5.92. The van der Waals surface area contributed by atoms with Gasteiger partial charge < -0.3 is 15.8 Å². The second kappa shape index (κ2) is 7.53. The van der Waals surface area contributed by atoms with Crippen LogP contribution in [0.1, 0.15) is 46.5 Å². The molecule has 0 radical (unpaired) electrons. The van der Waals surface area contributed by atoms with Gasteiger partial charge in [0.25, 0.3) is 0 Å². The van der Waals surface area contributed by atoms with Crippen molar-refractivity contribution >= 4 is 11.5 Å². The largest absolute Gasteiger partial charge is 0.476 e. The molecule has 1 aromatic heterocycles. The summed E-state index contributed by atoms with van der Waals surface area (Å²) in [6.07, 6.45) is 5.41. The van der Waals surface area contributed by atoms with Gasteiger partial charge in [0.1, 0.15) is 5.82 Å². The van der Waals surface area contributed by atoms with E-state index in [0.717, 1.165) is 24.2 Å². The molecule has 0 spiro atoms. The minimum Gasteiger partial charge on any atom is -0.476 e. The second-order valence-electron chi connectivity index (χ2n) is 6.70. The van der Waals surface area contributed by atoms with Crippen molar-refractivity contribution < 1.29 is 4.74 Å². The molecule has 4 heteroatoms. The van der Waals surface area contributed by atoms with E-state index in [1.807, 2.05) is 12.1 Å². The van der Waals surface area contributed by atoms with Gasteiger partial charge in [0, 0.05) is 6.54 Å². The first kappa shape index (κ1) is 15.9. The third-order valence-corrected chi connectivity index (χ3v) is 4.28. The van der Waals surface area contributed by atoms with Crippen molar-refractivity contribution in [2.75, 3.05) is 24.2 Å². The van der Waals surface area contributed by atoms with Crippen molar-refractivity contribution in [1.82, 2.24) is 4.98 Å². The highest BCUT2D eigenvalue weighted by molar-refractivity contribution is 5.53. The zero-order valence-corrected chi connectivity index (χ0v) is 13.6. The van der Waals surface area contributed by atoms with Gasteiger partial charge in [-0.1, -0.05) is 40.0 Å². The molecular weight excluding hydrogens is 262 g/mol. The van der Waals surface area contributed by atoms with Crippen LogP contribution < -0.4 is 15.8 Å². The zero-order chi connectivity index (χ0) is 15.2. The maximum atomic E-state index is 5.92. The molecule has 2 atom stereocenters. The summed E-state index contributed by atoms with van der Waals surface area (Å²) >= 11 is 0. The Bertz CT molecular complexity index is 448. The molecular formula is C17H29N3O. The highest BCUT2D eigenvalue weighted by atomic mass is 16.5. The highest BCUT2D eigenvalue weighted by Crippen LogP contribution is 2.30. The number of pyridine rings is 1. The average molecular weight is 291 g/mol. The quantitative estimate of drug-likeness (QED) is 0.833. The first-order valence-corrected chi connectivity index (χ1v) is 8.19. The van der Waals surface area contributed by atoms with Gasteiger partial charge in [-0.15, -0.1) is 0 Å². The fourth-order valence-corrected chi connectivity index (χ4v) is 2.84. The molecule has 21 heavy (non-hydrogen) atoms. The zero-order valence-electron chi connectivity index (χ0n) is 13.6. The van der Waals surface area contributed by atoms with E-state index >= 15 is 0 Å². The van der Waals surface area contributed by atoms with Crippen molar-refractivity contribution in [3.8, 4) is 5.88 Å². The molecule has 0 amide bonds. The Balaban J connectivity index is 1.92. The summed E-state index contributed by atoms with van der Waals surface area (Å²) in [7, 11) is 0. The lowest BCUT2D eigenvalue weighted by Gasteiger charge is -2.29. The number of ether oxygens (including phenoxy) is 1. The van der Waals surface area contributed by atoms with Crippen LogP contribution in [0.5, 0.6) is 5.88 Å². The van der Waals surface area contributed by atoms with Gasteiger partial charge in [0.15, 0.2) is 0 Å². The van der Waals surface area contributed by atoms with E-state index in [1.165, 1.54) is 25.7 Å². The van der Waals surface area contributed by atoms with Crippen molar-refractivity contribution in [3.05, 3.63) is 12.1 Å². The Morgan fingerprint density at radius 2 is 2.10 bits per heavy atom. The third-order valence-electron chi connectivity index (χ3n) is 4.28. The predicted octanol–water partition coefficient (Wildman–Crippen LogP) is 3.94. The van der Waals surface area contributed by atoms with E-state index in [0.29, 0.717) is 24.1 Å². The molecule has 1 fully saturated rings. The fraction of sp³-hybridized carbons (Fsp3) is 0.706. The number of aromatic nitrogens is 1. The Morgan fingerprint density at radius 3 is 2.81 bits per heavy atom. The molecule has 118 valence electrons. The molecule has 3 N–H and O–H groups in total. The number of hydrogen-bond donors (Lipinski definition) is 2. The number of nitrogen functional groups attached to an aromatic ring is 1. The topological polar surface area (TPSA) is 60.2 Å². The summed E-state index contributed by atoms with van der Waals surface area (Å²) in [6, 6.07) is 3.81. The number of nitrogens with two attached hydrogens (primary N) is 1. The number of rotatable bonds is 6. The lowest BCUT2D eigenvalue weighted by molar-refractivity contribution is 0.262. The van der Waals surface area contributed by atoms with Crippen molar-refractivity contribution in [2.45, 2.75) is 46.5 Å². The summed E-state index contributed by atoms with van der Waals surface area (Å²) in [5.41, 5.74) is 6.53. The lowest BCUT2D eigenvalue weighted by Crippen LogP contribution is -2.24. The van der Waals surface area contributed by atoms with Gasteiger partial charge in [-0.2, -0.15) is 4.98 Å². The van der Waals surface area contributed by atoms with Crippen molar-refractivity contribution in [1.29, 1.82) is 0 Å². The Morgan fingerprint density at radius 1 is 1.33 bits per heavy atom. The molecule has 0 saturated heterocycles. The van der Waals surface area contributed by atoms with E-state index in [2.05, 4.69) is 31.1 Å². The summed E-state index contributed by atoms with van der Waals surface area (Å²) in [4.78, 5) is 4.50. The van der Waals surface area contributed by atoms with E-state index in [4.69, 9.17) is 10.5 Å². The predicted molar refractivity (Wildman–Crippen MR) is 88.6 cm³/mol. The lowest BCUT2D eigenvalue weighted by atomic mass is 9.80. The van der Waals surface area contributed by atoms with Crippen molar-refractivity contribution in [2.24, 2.45) is 17.8 Å². The molecule has 2 rings (SSSR count). The Kier molecular flexibility index (Phi) is 5.71. The minimum absolute atomic E-state index is 0.464. The van der Waals surface area contributed by atoms with E-state index in [1.54, 1.807) is 0 Å². The molecule has 0 bridgehead atoms. The average Bonchev–Trinajstić information content (AvgIpc) is 2.46. The van der Waals surface area contributed by atoms with Gasteiger partial charge in [0.05, 0.1) is 12.3 Å². The first-order chi connectivity index (χ1) is 10.1. The van der Waals surface area contributed by atoms with Crippen LogP contribution in [0.15, 0.2) is 12.1 Å². The molecule has 1 aromatic rings. The molecule has 0 aromatic carbocycles. The van der Waals surface area contributed by atoms with Crippen LogP contribution in [-0.4, -0.2) is 18.1 Å². The van der Waals surface area contributed by atoms with Gasteiger partial charge >= 0.3 is 0 Å². The fourth-order valence-electron chi connectivity index (χ4n) is 2.84. The number of nitrogens with one attached hydrogen (secondary N) is 1. The minimum atomic E-state index is 0.464. The molecule has 1 aliphatic carbocycles.